The monoisotopic (exact) mass is 272 g/mol. The van der Waals surface area contributed by atoms with Crippen LogP contribution in [0, 0.1) is 0 Å². The van der Waals surface area contributed by atoms with Crippen LogP contribution in [0.1, 0.15) is 43.6 Å². The molecule has 3 unspecified atom stereocenters. The number of para-hydroxylation sites is 1. The molecular weight excluding hydrogens is 248 g/mol. The minimum Gasteiger partial charge on any atom is -0.493 e. The van der Waals surface area contributed by atoms with Gasteiger partial charge < -0.3 is 10.5 Å². The Morgan fingerprint density at radius 1 is 1.10 bits per heavy atom. The fraction of sp³-hybridized carbons (Fsp3) is 0.647. The van der Waals surface area contributed by atoms with Crippen molar-refractivity contribution >= 4 is 0 Å². The molecule has 3 aliphatic heterocycles. The zero-order valence-electron chi connectivity index (χ0n) is 12.0. The molecule has 3 heterocycles. The van der Waals surface area contributed by atoms with Gasteiger partial charge in [-0.05, 0) is 43.7 Å². The highest BCUT2D eigenvalue weighted by Crippen LogP contribution is 2.40. The maximum atomic E-state index is 6.18. The standard InChI is InChI=1S/C17H24N2O/c18-13-9-14-5-6-15(10-13)19(14)11-12-7-8-20-17-4-2-1-3-16(12)17/h1-4,12-15H,5-11,18H2. The molecule has 3 atom stereocenters. The van der Waals surface area contributed by atoms with Crippen molar-refractivity contribution in [3.8, 4) is 5.75 Å². The zero-order valence-corrected chi connectivity index (χ0v) is 12.0. The molecule has 2 N–H and O–H groups in total. The molecule has 1 aromatic carbocycles. The first kappa shape index (κ1) is 12.7. The highest BCUT2D eigenvalue weighted by Gasteiger charge is 2.40. The van der Waals surface area contributed by atoms with Crippen molar-refractivity contribution in [3.05, 3.63) is 29.8 Å². The molecule has 2 fully saturated rings. The lowest BCUT2D eigenvalue weighted by atomic mass is 9.90. The average molecular weight is 272 g/mol. The molecule has 4 rings (SSSR count). The van der Waals surface area contributed by atoms with Gasteiger partial charge in [0, 0.05) is 30.6 Å². The quantitative estimate of drug-likeness (QED) is 0.899. The fourth-order valence-electron chi connectivity index (χ4n) is 4.47. The maximum absolute atomic E-state index is 6.18. The molecule has 3 aliphatic rings. The fourth-order valence-corrected chi connectivity index (χ4v) is 4.47. The summed E-state index contributed by atoms with van der Waals surface area (Å²) in [6, 6.07) is 10.5. The number of nitrogens with zero attached hydrogens (tertiary/aromatic N) is 1. The van der Waals surface area contributed by atoms with Gasteiger partial charge in [-0.15, -0.1) is 0 Å². The number of hydrogen-bond donors (Lipinski definition) is 1. The van der Waals surface area contributed by atoms with Crippen LogP contribution in [0.5, 0.6) is 5.75 Å². The third-order valence-electron chi connectivity index (χ3n) is 5.43. The molecule has 108 valence electrons. The molecular formula is C17H24N2O. The molecule has 3 nitrogen and oxygen atoms in total. The van der Waals surface area contributed by atoms with Crippen LogP contribution in [0.2, 0.25) is 0 Å². The second kappa shape index (κ2) is 5.05. The van der Waals surface area contributed by atoms with Crippen molar-refractivity contribution in [2.24, 2.45) is 5.73 Å². The molecule has 20 heavy (non-hydrogen) atoms. The Bertz CT molecular complexity index is 476. The zero-order chi connectivity index (χ0) is 13.5. The average Bonchev–Trinajstić information content (AvgIpc) is 2.70. The van der Waals surface area contributed by atoms with E-state index in [2.05, 4.69) is 29.2 Å². The van der Waals surface area contributed by atoms with E-state index >= 15 is 0 Å². The van der Waals surface area contributed by atoms with Gasteiger partial charge in [0.25, 0.3) is 0 Å². The number of nitrogens with two attached hydrogens (primary N) is 1. The van der Waals surface area contributed by atoms with E-state index in [0.717, 1.165) is 30.9 Å². The minimum atomic E-state index is 0.436. The first-order valence-corrected chi connectivity index (χ1v) is 8.04. The van der Waals surface area contributed by atoms with Crippen LogP contribution in [0.4, 0.5) is 0 Å². The van der Waals surface area contributed by atoms with Gasteiger partial charge in [-0.25, -0.2) is 0 Å². The number of benzene rings is 1. The first-order valence-electron chi connectivity index (χ1n) is 8.04. The predicted octanol–water partition coefficient (Wildman–Crippen LogP) is 2.51. The Hall–Kier alpha value is -1.06. The summed E-state index contributed by atoms with van der Waals surface area (Å²) in [4.78, 5) is 2.76. The largest absolute Gasteiger partial charge is 0.493 e. The van der Waals surface area contributed by atoms with Crippen molar-refractivity contribution in [1.29, 1.82) is 0 Å². The molecule has 2 bridgehead atoms. The van der Waals surface area contributed by atoms with E-state index in [-0.39, 0.29) is 0 Å². The van der Waals surface area contributed by atoms with E-state index in [1.807, 2.05) is 0 Å². The van der Waals surface area contributed by atoms with Gasteiger partial charge in [-0.2, -0.15) is 0 Å². The summed E-state index contributed by atoms with van der Waals surface area (Å²) in [6.45, 7) is 2.06. The summed E-state index contributed by atoms with van der Waals surface area (Å²) in [6.07, 6.45) is 6.24. The van der Waals surface area contributed by atoms with E-state index in [1.165, 1.54) is 37.8 Å². The van der Waals surface area contributed by atoms with Gasteiger partial charge in [0.15, 0.2) is 0 Å². The van der Waals surface area contributed by atoms with E-state index in [9.17, 15) is 0 Å². The summed E-state index contributed by atoms with van der Waals surface area (Å²) < 4.78 is 5.79. The Balaban J connectivity index is 1.53. The van der Waals surface area contributed by atoms with Crippen LogP contribution in [0.15, 0.2) is 24.3 Å². The van der Waals surface area contributed by atoms with Crippen molar-refractivity contribution in [1.82, 2.24) is 4.90 Å². The Morgan fingerprint density at radius 3 is 2.65 bits per heavy atom. The van der Waals surface area contributed by atoms with Gasteiger partial charge in [0.05, 0.1) is 6.61 Å². The van der Waals surface area contributed by atoms with Crippen molar-refractivity contribution in [3.63, 3.8) is 0 Å². The van der Waals surface area contributed by atoms with Gasteiger partial charge in [-0.3, -0.25) is 4.90 Å². The summed E-state index contributed by atoms with van der Waals surface area (Å²) in [5, 5.41) is 0. The maximum Gasteiger partial charge on any atom is 0.122 e. The lowest BCUT2D eigenvalue weighted by molar-refractivity contribution is 0.110. The van der Waals surface area contributed by atoms with Gasteiger partial charge in [0.1, 0.15) is 5.75 Å². The molecule has 1 aromatic rings. The third kappa shape index (κ3) is 2.13. The van der Waals surface area contributed by atoms with Crippen LogP contribution in [-0.4, -0.2) is 36.2 Å². The van der Waals surface area contributed by atoms with Crippen LogP contribution in [0.3, 0.4) is 0 Å². The molecule has 0 saturated carbocycles. The molecule has 3 heteroatoms. The van der Waals surface area contributed by atoms with Crippen LogP contribution in [-0.2, 0) is 0 Å². The smallest absolute Gasteiger partial charge is 0.122 e. The number of fused-ring (bicyclic) bond motifs is 3. The third-order valence-corrected chi connectivity index (χ3v) is 5.43. The first-order chi connectivity index (χ1) is 9.81. The normalized spacial score (nSPS) is 36.5. The van der Waals surface area contributed by atoms with Crippen LogP contribution >= 0.6 is 0 Å². The number of hydrogen-bond acceptors (Lipinski definition) is 3. The molecule has 2 saturated heterocycles. The van der Waals surface area contributed by atoms with Crippen molar-refractivity contribution < 1.29 is 4.74 Å². The Morgan fingerprint density at radius 2 is 1.85 bits per heavy atom. The van der Waals surface area contributed by atoms with Gasteiger partial charge in [0.2, 0.25) is 0 Å². The van der Waals surface area contributed by atoms with Crippen molar-refractivity contribution in [2.75, 3.05) is 13.2 Å². The van der Waals surface area contributed by atoms with E-state index in [1.54, 1.807) is 0 Å². The number of ether oxygens (including phenoxy) is 1. The topological polar surface area (TPSA) is 38.5 Å². The summed E-state index contributed by atoms with van der Waals surface area (Å²) >= 11 is 0. The summed E-state index contributed by atoms with van der Waals surface area (Å²) in [5.41, 5.74) is 7.59. The second-order valence-electron chi connectivity index (χ2n) is 6.69. The predicted molar refractivity (Wildman–Crippen MR) is 80.0 cm³/mol. The Labute approximate surface area is 121 Å². The highest BCUT2D eigenvalue weighted by atomic mass is 16.5. The lowest BCUT2D eigenvalue weighted by Gasteiger charge is -2.40. The van der Waals surface area contributed by atoms with Crippen LogP contribution < -0.4 is 10.5 Å². The Kier molecular flexibility index (Phi) is 3.20. The van der Waals surface area contributed by atoms with Gasteiger partial charge in [-0.1, -0.05) is 18.2 Å². The molecule has 0 aliphatic carbocycles. The second-order valence-corrected chi connectivity index (χ2v) is 6.69. The van der Waals surface area contributed by atoms with E-state index < -0.39 is 0 Å². The lowest BCUT2D eigenvalue weighted by Crippen LogP contribution is -2.49. The number of piperidine rings is 1. The van der Waals surface area contributed by atoms with E-state index in [4.69, 9.17) is 10.5 Å². The highest BCUT2D eigenvalue weighted by molar-refractivity contribution is 5.38. The SMILES string of the molecule is NC1CC2CCC(C1)N2CC1CCOc2ccccc21. The number of rotatable bonds is 2. The van der Waals surface area contributed by atoms with Gasteiger partial charge >= 0.3 is 0 Å². The molecule has 0 spiro atoms. The van der Waals surface area contributed by atoms with Crippen molar-refractivity contribution in [2.45, 2.75) is 56.1 Å². The summed E-state index contributed by atoms with van der Waals surface area (Å²) in [7, 11) is 0. The van der Waals surface area contributed by atoms with E-state index in [0.29, 0.717) is 12.0 Å². The van der Waals surface area contributed by atoms with Crippen LogP contribution in [0.25, 0.3) is 0 Å². The minimum absolute atomic E-state index is 0.436. The summed E-state index contributed by atoms with van der Waals surface area (Å²) in [5.74, 6) is 1.74. The molecule has 0 aromatic heterocycles. The molecule has 0 amide bonds. The molecule has 0 radical (unpaired) electrons.